The Bertz CT molecular complexity index is 3960. The van der Waals surface area contributed by atoms with Gasteiger partial charge in [-0.25, -0.2) is 24.4 Å². The zero-order valence-electron chi connectivity index (χ0n) is 51.7. The van der Waals surface area contributed by atoms with E-state index in [9.17, 15) is 33.9 Å². The van der Waals surface area contributed by atoms with Gasteiger partial charge in [-0.3, -0.25) is 19.0 Å². The highest BCUT2D eigenvalue weighted by Crippen LogP contribution is 2.42. The Hall–Kier alpha value is -10.6. The highest BCUT2D eigenvalue weighted by atomic mass is 16.7. The zero-order valence-corrected chi connectivity index (χ0v) is 51.7. The Labute approximate surface area is 525 Å². The number of carbonyl (C=O) groups is 6. The number of fused-ring (bicyclic) bond motifs is 6. The molecular weight excluding hydrogens is 1170 g/mol. The Morgan fingerprint density at radius 2 is 1.59 bits per heavy atom. The molecule has 0 aliphatic carbocycles. The second-order valence-corrected chi connectivity index (χ2v) is 22.8. The lowest BCUT2D eigenvalue weighted by atomic mass is 9.92. The molecule has 0 saturated carbocycles. The molecule has 26 heteroatoms. The molecule has 3 N–H and O–H groups in total. The van der Waals surface area contributed by atoms with Crippen molar-refractivity contribution in [1.82, 2.24) is 44.8 Å². The normalized spacial score (nSPS) is 14.7. The van der Waals surface area contributed by atoms with E-state index in [1.165, 1.54) is 56.5 Å². The van der Waals surface area contributed by atoms with Gasteiger partial charge in [-0.05, 0) is 102 Å². The summed E-state index contributed by atoms with van der Waals surface area (Å²) in [5.74, 6) is 1.94. The number of piperidine rings is 1. The van der Waals surface area contributed by atoms with Crippen LogP contribution in [0.25, 0.3) is 33.1 Å². The molecule has 3 aliphatic rings. The fraction of sp³-hybridized carbons (Fsp3) is 0.385. The fourth-order valence-corrected chi connectivity index (χ4v) is 11.2. The fourth-order valence-electron chi connectivity index (χ4n) is 11.2. The number of nitriles is 1. The van der Waals surface area contributed by atoms with Gasteiger partial charge >= 0.3 is 18.2 Å². The van der Waals surface area contributed by atoms with E-state index in [0.717, 1.165) is 41.8 Å². The zero-order chi connectivity index (χ0) is 64.3. The number of nitrogens with one attached hydrogen (secondary N) is 2. The van der Waals surface area contributed by atoms with Crippen LogP contribution in [0.3, 0.4) is 0 Å². The van der Waals surface area contributed by atoms with E-state index in [0.29, 0.717) is 95.3 Å². The number of aromatic hydroxyl groups is 1. The van der Waals surface area contributed by atoms with Gasteiger partial charge in [0.05, 0.1) is 52.5 Å². The number of phenols is 1. The number of rotatable bonds is 22. The lowest BCUT2D eigenvalue weighted by Gasteiger charge is -2.42. The number of aromatic nitrogens is 4. The van der Waals surface area contributed by atoms with Gasteiger partial charge in [0.15, 0.2) is 41.4 Å². The van der Waals surface area contributed by atoms with Crippen LogP contribution < -0.4 is 39.0 Å². The van der Waals surface area contributed by atoms with Crippen LogP contribution in [0.5, 0.6) is 28.7 Å². The molecule has 1 saturated heterocycles. The van der Waals surface area contributed by atoms with E-state index in [-0.39, 0.29) is 93.5 Å². The molecule has 10 rings (SSSR count). The van der Waals surface area contributed by atoms with Crippen LogP contribution >= 0.6 is 0 Å². The first-order chi connectivity index (χ1) is 44.0. The molecule has 26 nitrogen and oxygen atoms in total. The summed E-state index contributed by atoms with van der Waals surface area (Å²) in [6, 6.07) is 24.3. The number of nitrogens with zero attached hydrogens (tertiary/aromatic N) is 12. The number of phenolic OH excluding ortho intramolecular Hbond substituents is 1. The van der Waals surface area contributed by atoms with Crippen molar-refractivity contribution in [2.45, 2.75) is 71.1 Å². The van der Waals surface area contributed by atoms with Crippen LogP contribution in [0.2, 0.25) is 0 Å². The number of hydrogen-bond donors (Lipinski definition) is 3. The van der Waals surface area contributed by atoms with Crippen LogP contribution in [-0.4, -0.2) is 169 Å². The Morgan fingerprint density at radius 1 is 0.835 bits per heavy atom. The van der Waals surface area contributed by atoms with Gasteiger partial charge in [-0.15, -0.1) is 0 Å². The van der Waals surface area contributed by atoms with Crippen molar-refractivity contribution in [3.63, 3.8) is 0 Å². The maximum atomic E-state index is 13.7. The van der Waals surface area contributed by atoms with Crippen LogP contribution in [0, 0.1) is 17.2 Å². The standard InChI is InChI=1S/C65H72N14O12/c1-41-20-26-78(58(82)19-23-66)37-52(41)76(5)60-47-22-28-79(61(47)70-39-69-60)63(84)73(2)30-31-75(4)64(85)88-38-42-11-14-45(15-12-42)71-72-46-16-17-53(80)49(34-46)62(83)68-24-9-7-8-10-57(81)67-25-29-74(3)65(86)91-59-50-36-77-27-21-44-33-55-56(90-40-89-55)35-48(44)51(77)32-43(50)13-18-54(59)87-6/h11-18,22,28,32-36,39,41,52H,7-10,19-21,24-27,29-31,37-38,40H2,1-6H3,(H2-,67,68,71,80,81,83)/p+1/t41-,52+/m0/s1. The van der Waals surface area contributed by atoms with E-state index < -0.39 is 18.1 Å². The van der Waals surface area contributed by atoms with E-state index in [1.807, 2.05) is 42.4 Å². The Morgan fingerprint density at radius 3 is 2.38 bits per heavy atom. The summed E-state index contributed by atoms with van der Waals surface area (Å²) in [5, 5.41) is 36.0. The summed E-state index contributed by atoms with van der Waals surface area (Å²) in [4.78, 5) is 95.4. The maximum absolute atomic E-state index is 13.7. The lowest BCUT2D eigenvalue weighted by molar-refractivity contribution is -0.686. The monoisotopic (exact) mass is 1240 g/mol. The summed E-state index contributed by atoms with van der Waals surface area (Å²) in [6.45, 7) is 5.14. The van der Waals surface area contributed by atoms with Gasteiger partial charge in [-0.2, -0.15) is 20.1 Å². The van der Waals surface area contributed by atoms with Crippen molar-refractivity contribution in [2.24, 2.45) is 16.1 Å². The molecule has 474 valence electrons. The Balaban J connectivity index is 0.607. The number of azo groups is 1. The molecular formula is C65H73N14O12+. The van der Waals surface area contributed by atoms with Crippen LogP contribution in [0.1, 0.15) is 66.9 Å². The van der Waals surface area contributed by atoms with Gasteiger partial charge in [-0.1, -0.05) is 25.5 Å². The van der Waals surface area contributed by atoms with Gasteiger partial charge in [0.25, 0.3) is 5.91 Å². The number of unbranched alkanes of at least 4 members (excludes halogenated alkanes) is 2. The number of benzene rings is 4. The topological polar surface area (TPSA) is 292 Å². The van der Waals surface area contributed by atoms with E-state index in [4.69, 9.17) is 28.9 Å². The smallest absolute Gasteiger partial charge is 0.415 e. The highest BCUT2D eigenvalue weighted by Gasteiger charge is 2.34. The molecule has 2 atom stereocenters. The predicted molar refractivity (Wildman–Crippen MR) is 334 cm³/mol. The number of anilines is 1. The van der Waals surface area contributed by atoms with Gasteiger partial charge in [0.2, 0.25) is 24.3 Å². The van der Waals surface area contributed by atoms with Gasteiger partial charge in [0, 0.05) is 99.1 Å². The third-order valence-corrected chi connectivity index (χ3v) is 16.6. The highest BCUT2D eigenvalue weighted by molar-refractivity contribution is 5.98. The summed E-state index contributed by atoms with van der Waals surface area (Å²) in [5.41, 5.74) is 5.18. The number of amides is 6. The second-order valence-electron chi connectivity index (χ2n) is 22.8. The number of likely N-dealkylation sites (N-methyl/N-ethyl adjacent to an activating group) is 4. The number of pyridine rings is 1. The molecule has 0 unspecified atom stereocenters. The quantitative estimate of drug-likeness (QED) is 0.0327. The van der Waals surface area contributed by atoms with E-state index in [1.54, 1.807) is 68.6 Å². The number of carbonyl (C=O) groups excluding carboxylic acids is 6. The summed E-state index contributed by atoms with van der Waals surface area (Å²) < 4.78 is 32.0. The van der Waals surface area contributed by atoms with Crippen LogP contribution in [0.15, 0.2) is 108 Å². The summed E-state index contributed by atoms with van der Waals surface area (Å²) in [6.07, 6.45) is 7.28. The summed E-state index contributed by atoms with van der Waals surface area (Å²) >= 11 is 0. The average Bonchev–Trinajstić information content (AvgIpc) is 1.53. The minimum absolute atomic E-state index is 0.0240. The van der Waals surface area contributed by atoms with E-state index in [2.05, 4.69) is 48.4 Å². The van der Waals surface area contributed by atoms with Crippen LogP contribution in [0.4, 0.5) is 31.6 Å². The molecule has 7 aromatic rings. The molecule has 3 aromatic heterocycles. The number of aryl methyl sites for hydroxylation is 2. The lowest BCUT2D eigenvalue weighted by Crippen LogP contribution is -2.52. The molecule has 91 heavy (non-hydrogen) atoms. The van der Waals surface area contributed by atoms with Gasteiger partial charge in [0.1, 0.15) is 30.9 Å². The van der Waals surface area contributed by atoms with Crippen molar-refractivity contribution >= 4 is 74.9 Å². The molecule has 6 amide bonds. The molecule has 0 spiro atoms. The van der Waals surface area contributed by atoms with Crippen LogP contribution in [-0.2, 0) is 33.9 Å². The van der Waals surface area contributed by atoms with Crippen molar-refractivity contribution in [2.75, 3.05) is 92.8 Å². The van der Waals surface area contributed by atoms with Crippen molar-refractivity contribution in [1.29, 1.82) is 5.26 Å². The van der Waals surface area contributed by atoms with E-state index >= 15 is 0 Å². The minimum atomic E-state index is -0.606. The molecule has 3 aliphatic heterocycles. The number of hydrogen-bond acceptors (Lipinski definition) is 18. The third kappa shape index (κ3) is 14.8. The Kier molecular flexibility index (Phi) is 20.0. The van der Waals surface area contributed by atoms with Crippen molar-refractivity contribution in [3.8, 4) is 46.1 Å². The van der Waals surface area contributed by atoms with Crippen molar-refractivity contribution in [3.05, 3.63) is 114 Å². The molecule has 1 fully saturated rings. The first-order valence-electron chi connectivity index (χ1n) is 30.1. The number of likely N-dealkylation sites (tertiary alicyclic amines) is 1. The minimum Gasteiger partial charge on any atom is -0.507 e. The molecule has 0 radical (unpaired) electrons. The third-order valence-electron chi connectivity index (χ3n) is 16.6. The number of ether oxygens (including phenoxy) is 5. The number of methoxy groups -OCH3 is 1. The predicted octanol–water partition coefficient (Wildman–Crippen LogP) is 8.25. The average molecular weight is 1240 g/mol. The molecule has 4 aromatic carbocycles. The molecule has 0 bridgehead atoms. The first-order valence-corrected chi connectivity index (χ1v) is 30.1. The molecule has 6 heterocycles. The largest absolute Gasteiger partial charge is 0.507 e. The SMILES string of the molecule is COc1ccc2cc3[n+](cc2c1OC(=O)N(C)CCNC(=O)CCCCCNC(=O)c1cc(N=Nc2ccc(COC(=O)N(C)CCN(C)C(=O)n4ccc5c(N(C)[C@@H]6CN(C(=O)CC#N)CC[C@@H]6C)ncnc54)cc2)ccc1O)CCc1cc2c(cc1-3)OCO2. The first kappa shape index (κ1) is 63.4. The van der Waals surface area contributed by atoms with Gasteiger partial charge < -0.3 is 63.9 Å². The maximum Gasteiger partial charge on any atom is 0.415 e. The second kappa shape index (κ2) is 28.7. The summed E-state index contributed by atoms with van der Waals surface area (Å²) in [7, 11) is 8.24. The van der Waals surface area contributed by atoms with Crippen molar-refractivity contribution < 1.29 is 62.1 Å².